The minimum absolute atomic E-state index is 0.0409. The third kappa shape index (κ3) is 4.38. The van der Waals surface area contributed by atoms with E-state index in [4.69, 9.17) is 11.6 Å². The van der Waals surface area contributed by atoms with Gasteiger partial charge in [-0.2, -0.15) is 0 Å². The smallest absolute Gasteiger partial charge is 0.339 e. The van der Waals surface area contributed by atoms with Crippen molar-refractivity contribution in [1.82, 2.24) is 4.98 Å². The second kappa shape index (κ2) is 8.64. The molecular formula is C24H16ClFN2O4. The summed E-state index contributed by atoms with van der Waals surface area (Å²) in [4.78, 5) is 28.6. The molecule has 3 aromatic carbocycles. The normalized spacial score (nSPS) is 10.8. The Kier molecular flexibility index (Phi) is 5.75. The molecule has 0 spiro atoms. The average Bonchev–Trinajstić information content (AvgIpc) is 2.77. The van der Waals surface area contributed by atoms with E-state index in [0.29, 0.717) is 22.4 Å². The number of carboxylic acids is 1. The van der Waals surface area contributed by atoms with Crippen molar-refractivity contribution in [3.63, 3.8) is 0 Å². The molecule has 0 unspecified atom stereocenters. The maximum Gasteiger partial charge on any atom is 0.339 e. The van der Waals surface area contributed by atoms with Crippen LogP contribution in [-0.4, -0.2) is 27.1 Å². The van der Waals surface area contributed by atoms with Crippen LogP contribution in [0.2, 0.25) is 5.02 Å². The maximum absolute atomic E-state index is 13.2. The molecule has 1 aromatic heterocycles. The number of anilines is 1. The third-order valence-corrected chi connectivity index (χ3v) is 5.16. The van der Waals surface area contributed by atoms with Crippen LogP contribution in [0.4, 0.5) is 10.1 Å². The van der Waals surface area contributed by atoms with Gasteiger partial charge in [-0.3, -0.25) is 9.78 Å². The Labute approximate surface area is 186 Å². The minimum Gasteiger partial charge on any atom is -0.505 e. The number of pyridine rings is 1. The van der Waals surface area contributed by atoms with Gasteiger partial charge in [-0.05, 0) is 66.1 Å². The van der Waals surface area contributed by atoms with Crippen LogP contribution in [0.1, 0.15) is 31.8 Å². The van der Waals surface area contributed by atoms with Crippen molar-refractivity contribution >= 4 is 40.1 Å². The molecule has 0 fully saturated rings. The van der Waals surface area contributed by atoms with Crippen molar-refractivity contribution in [3.8, 4) is 5.75 Å². The van der Waals surface area contributed by atoms with Gasteiger partial charge >= 0.3 is 5.97 Å². The molecule has 32 heavy (non-hydrogen) atoms. The topological polar surface area (TPSA) is 99.5 Å². The summed E-state index contributed by atoms with van der Waals surface area (Å²) < 4.78 is 13.2. The van der Waals surface area contributed by atoms with E-state index in [-0.39, 0.29) is 22.6 Å². The molecule has 0 bridgehead atoms. The first-order valence-electron chi connectivity index (χ1n) is 9.51. The first kappa shape index (κ1) is 21.3. The molecule has 160 valence electrons. The fourth-order valence-corrected chi connectivity index (χ4v) is 3.44. The number of amides is 1. The van der Waals surface area contributed by atoms with Gasteiger partial charge < -0.3 is 15.5 Å². The van der Waals surface area contributed by atoms with E-state index in [1.807, 2.05) is 0 Å². The van der Waals surface area contributed by atoms with Gasteiger partial charge in [-0.25, -0.2) is 9.18 Å². The zero-order valence-corrected chi connectivity index (χ0v) is 17.2. The number of phenols is 1. The van der Waals surface area contributed by atoms with Gasteiger partial charge in [-0.1, -0.05) is 23.7 Å². The van der Waals surface area contributed by atoms with Crippen molar-refractivity contribution in [2.75, 3.05) is 5.32 Å². The van der Waals surface area contributed by atoms with E-state index >= 15 is 0 Å². The van der Waals surface area contributed by atoms with Crippen LogP contribution in [0.5, 0.6) is 5.75 Å². The first-order chi connectivity index (χ1) is 15.3. The molecule has 6 nitrogen and oxygen atoms in total. The molecular weight excluding hydrogens is 435 g/mol. The molecule has 0 aliphatic heterocycles. The number of rotatable bonds is 5. The summed E-state index contributed by atoms with van der Waals surface area (Å²) >= 11 is 5.87. The molecule has 8 heteroatoms. The number of nitrogens with zero attached hydrogens (tertiary/aromatic N) is 1. The number of benzene rings is 3. The highest BCUT2D eigenvalue weighted by atomic mass is 35.5. The predicted molar refractivity (Wildman–Crippen MR) is 119 cm³/mol. The van der Waals surface area contributed by atoms with Crippen LogP contribution >= 0.6 is 11.6 Å². The Hall–Kier alpha value is -3.97. The minimum atomic E-state index is -1.36. The van der Waals surface area contributed by atoms with Crippen LogP contribution in [0.25, 0.3) is 10.9 Å². The van der Waals surface area contributed by atoms with Crippen molar-refractivity contribution in [2.24, 2.45) is 0 Å². The number of carbonyl (C=O) groups is 2. The fraction of sp³-hybridized carbons (Fsp3) is 0.0417. The summed E-state index contributed by atoms with van der Waals surface area (Å²) in [6.07, 6.45) is 1.93. The second-order valence-corrected chi connectivity index (χ2v) is 7.57. The van der Waals surface area contributed by atoms with E-state index in [0.717, 1.165) is 11.1 Å². The molecule has 0 saturated carbocycles. The highest BCUT2D eigenvalue weighted by Crippen LogP contribution is 2.34. The lowest BCUT2D eigenvalue weighted by molar-refractivity contribution is 0.0693. The van der Waals surface area contributed by atoms with Gasteiger partial charge in [0.1, 0.15) is 16.9 Å². The van der Waals surface area contributed by atoms with Gasteiger partial charge in [0.05, 0.1) is 5.69 Å². The number of halogens is 2. The number of fused-ring (bicyclic) bond motifs is 1. The number of hydrogen-bond donors (Lipinski definition) is 3. The Bertz CT molecular complexity index is 1340. The predicted octanol–water partition coefficient (Wildman–Crippen LogP) is 5.27. The second-order valence-electron chi connectivity index (χ2n) is 7.13. The Morgan fingerprint density at radius 3 is 2.34 bits per heavy atom. The van der Waals surface area contributed by atoms with Crippen LogP contribution in [0.15, 0.2) is 66.9 Å². The largest absolute Gasteiger partial charge is 0.505 e. The van der Waals surface area contributed by atoms with E-state index in [1.165, 1.54) is 36.5 Å². The summed E-state index contributed by atoms with van der Waals surface area (Å²) in [5, 5.41) is 23.4. The van der Waals surface area contributed by atoms with Crippen LogP contribution in [0, 0.1) is 5.82 Å². The van der Waals surface area contributed by atoms with Gasteiger partial charge in [0.2, 0.25) is 0 Å². The van der Waals surface area contributed by atoms with Crippen molar-refractivity contribution in [3.05, 3.63) is 100.0 Å². The molecule has 0 aliphatic carbocycles. The molecule has 3 N–H and O–H groups in total. The summed E-state index contributed by atoms with van der Waals surface area (Å²) in [7, 11) is 0. The molecule has 0 saturated heterocycles. The number of aromatic hydroxyl groups is 1. The molecule has 1 amide bonds. The molecule has 4 rings (SSSR count). The van der Waals surface area contributed by atoms with E-state index in [2.05, 4.69) is 10.3 Å². The number of carbonyl (C=O) groups excluding carboxylic acids is 1. The van der Waals surface area contributed by atoms with Gasteiger partial charge in [-0.15, -0.1) is 0 Å². The van der Waals surface area contributed by atoms with E-state index in [9.17, 15) is 24.2 Å². The Morgan fingerprint density at radius 1 is 1.00 bits per heavy atom. The SMILES string of the molecule is O=C(Nc1cc(C(=O)O)c(O)c2ncc(Cc3ccc(F)cc3)cc12)c1ccc(Cl)cc1. The summed E-state index contributed by atoms with van der Waals surface area (Å²) in [6.45, 7) is 0. The Morgan fingerprint density at radius 2 is 1.69 bits per heavy atom. The van der Waals surface area contributed by atoms with Crippen molar-refractivity contribution in [1.29, 1.82) is 0 Å². The molecule has 1 heterocycles. The maximum atomic E-state index is 13.2. The van der Waals surface area contributed by atoms with Crippen LogP contribution in [0.3, 0.4) is 0 Å². The number of aromatic nitrogens is 1. The highest BCUT2D eigenvalue weighted by Gasteiger charge is 2.19. The van der Waals surface area contributed by atoms with Gasteiger partial charge in [0.25, 0.3) is 5.91 Å². The van der Waals surface area contributed by atoms with Crippen LogP contribution < -0.4 is 5.32 Å². The third-order valence-electron chi connectivity index (χ3n) is 4.91. The quantitative estimate of drug-likeness (QED) is 0.359. The summed E-state index contributed by atoms with van der Waals surface area (Å²) in [5.41, 5.74) is 1.73. The van der Waals surface area contributed by atoms with Gasteiger partial charge in [0.15, 0.2) is 5.75 Å². The number of carboxylic acid groups (broad SMARTS) is 1. The molecule has 0 atom stereocenters. The zero-order chi connectivity index (χ0) is 22.8. The lowest BCUT2D eigenvalue weighted by atomic mass is 10.0. The fourth-order valence-electron chi connectivity index (χ4n) is 3.32. The molecule has 0 radical (unpaired) electrons. The average molecular weight is 451 g/mol. The monoisotopic (exact) mass is 450 g/mol. The van der Waals surface area contributed by atoms with E-state index < -0.39 is 17.6 Å². The Balaban J connectivity index is 1.78. The van der Waals surface area contributed by atoms with Crippen molar-refractivity contribution < 1.29 is 24.2 Å². The van der Waals surface area contributed by atoms with Crippen molar-refractivity contribution in [2.45, 2.75) is 6.42 Å². The summed E-state index contributed by atoms with van der Waals surface area (Å²) in [5.74, 6) is -2.67. The number of aromatic carboxylic acids is 1. The standard InChI is InChI=1S/C24H16ClFN2O4/c25-16-5-3-15(4-6-16)23(30)28-20-11-19(24(31)32)22(29)21-18(20)10-14(12-27-21)9-13-1-7-17(26)8-2-13/h1-8,10-12,29H,9H2,(H,28,30)(H,31,32). The highest BCUT2D eigenvalue weighted by molar-refractivity contribution is 6.30. The van der Waals surface area contributed by atoms with E-state index in [1.54, 1.807) is 30.3 Å². The lowest BCUT2D eigenvalue weighted by Gasteiger charge is -2.13. The number of hydrogen-bond acceptors (Lipinski definition) is 4. The zero-order valence-electron chi connectivity index (χ0n) is 16.5. The van der Waals surface area contributed by atoms with Crippen LogP contribution in [-0.2, 0) is 6.42 Å². The summed E-state index contributed by atoms with van der Waals surface area (Å²) in [6, 6.07) is 15.1. The van der Waals surface area contributed by atoms with Gasteiger partial charge in [0, 0.05) is 22.2 Å². The lowest BCUT2D eigenvalue weighted by Crippen LogP contribution is -2.13. The number of nitrogens with one attached hydrogen (secondary N) is 1. The molecule has 0 aliphatic rings. The molecule has 4 aromatic rings. The first-order valence-corrected chi connectivity index (χ1v) is 9.89.